The monoisotopic (exact) mass is 754 g/mol. The Balaban J connectivity index is 0.000000169. The van der Waals surface area contributed by atoms with Crippen LogP contribution in [0.4, 0.5) is 49.4 Å². The van der Waals surface area contributed by atoms with Gasteiger partial charge in [-0.2, -0.15) is 36.5 Å². The number of hydrogen-bond donors (Lipinski definition) is 2. The fourth-order valence-electron chi connectivity index (χ4n) is 5.60. The molecule has 0 radical (unpaired) electrons. The standard InChI is InChI=1S/C19H14F3N5O.C19H14F3N5/c1-28-13-7-5-12(6-8-13)24-16-11-23-10-14(25-16)17-15-4-2-3-9-27(15)26-18(17)19(20,21)22;1-12-5-7-13(8-6-12)24-16-11-23-10-14(25-16)17-15-4-2-3-9-27(15)26-18(17)19(20,21)22/h2-11H,1H3,(H,24,25);2-11H,1H3,(H,24,25). The highest BCUT2D eigenvalue weighted by Gasteiger charge is 2.40. The van der Waals surface area contributed by atoms with Crippen LogP contribution < -0.4 is 15.4 Å². The van der Waals surface area contributed by atoms with Gasteiger partial charge in [-0.1, -0.05) is 29.8 Å². The summed E-state index contributed by atoms with van der Waals surface area (Å²) in [7, 11) is 1.56. The Morgan fingerprint density at radius 3 is 1.42 bits per heavy atom. The number of ether oxygens (including phenoxy) is 1. The van der Waals surface area contributed by atoms with E-state index >= 15 is 0 Å². The van der Waals surface area contributed by atoms with Gasteiger partial charge in [-0.05, 0) is 67.6 Å². The van der Waals surface area contributed by atoms with Crippen LogP contribution in [-0.2, 0) is 12.4 Å². The van der Waals surface area contributed by atoms with E-state index in [0.29, 0.717) is 34.1 Å². The zero-order chi connectivity index (χ0) is 38.7. The normalized spacial score (nSPS) is 11.6. The third kappa shape index (κ3) is 8.00. The van der Waals surface area contributed by atoms with Crippen molar-refractivity contribution in [3.63, 3.8) is 0 Å². The van der Waals surface area contributed by atoms with Crippen LogP contribution in [0.2, 0.25) is 0 Å². The lowest BCUT2D eigenvalue weighted by molar-refractivity contribution is -0.141. The second kappa shape index (κ2) is 14.8. The minimum Gasteiger partial charge on any atom is -0.497 e. The summed E-state index contributed by atoms with van der Waals surface area (Å²) in [6.07, 6.45) is -0.810. The number of halogens is 6. The summed E-state index contributed by atoms with van der Waals surface area (Å²) in [6, 6.07) is 24.3. The van der Waals surface area contributed by atoms with Crippen LogP contribution in [0.25, 0.3) is 33.5 Å². The highest BCUT2D eigenvalue weighted by molar-refractivity contribution is 5.82. The number of alkyl halides is 6. The summed E-state index contributed by atoms with van der Waals surface area (Å²) in [4.78, 5) is 16.8. The van der Waals surface area contributed by atoms with Crippen LogP contribution in [0, 0.1) is 6.92 Å². The Hall–Kier alpha value is -7.04. The topological polar surface area (TPSA) is 119 Å². The third-order valence-electron chi connectivity index (χ3n) is 8.08. The van der Waals surface area contributed by atoms with Gasteiger partial charge in [0.1, 0.15) is 17.4 Å². The van der Waals surface area contributed by atoms with E-state index in [1.165, 1.54) is 46.2 Å². The van der Waals surface area contributed by atoms with E-state index in [0.717, 1.165) is 11.3 Å². The van der Waals surface area contributed by atoms with Crippen molar-refractivity contribution in [2.45, 2.75) is 19.3 Å². The molecule has 55 heavy (non-hydrogen) atoms. The summed E-state index contributed by atoms with van der Waals surface area (Å²) in [5.41, 5.74) is 1.14. The Kier molecular flexibility index (Phi) is 9.75. The summed E-state index contributed by atoms with van der Waals surface area (Å²) in [5.74, 6) is 1.34. The molecule has 0 aliphatic carbocycles. The summed E-state index contributed by atoms with van der Waals surface area (Å²) >= 11 is 0. The van der Waals surface area contributed by atoms with E-state index in [1.54, 1.807) is 67.8 Å². The van der Waals surface area contributed by atoms with Crippen molar-refractivity contribution in [2.75, 3.05) is 17.7 Å². The maximum atomic E-state index is 13.5. The van der Waals surface area contributed by atoms with Gasteiger partial charge in [0.25, 0.3) is 0 Å². The SMILES string of the molecule is COc1ccc(Nc2cncc(-c3c(C(F)(F)F)nn4ccccc34)n2)cc1.Cc1ccc(Nc2cncc(-c3c(C(F)(F)F)nn4ccccc34)n2)cc1. The molecule has 8 rings (SSSR count). The number of rotatable bonds is 7. The molecular weight excluding hydrogens is 726 g/mol. The third-order valence-corrected chi connectivity index (χ3v) is 8.08. The average molecular weight is 755 g/mol. The Bertz CT molecular complexity index is 2580. The van der Waals surface area contributed by atoms with E-state index in [2.05, 4.69) is 40.8 Å². The molecule has 0 aliphatic rings. The summed E-state index contributed by atoms with van der Waals surface area (Å²) < 4.78 is 88.7. The van der Waals surface area contributed by atoms with Crippen molar-refractivity contribution in [2.24, 2.45) is 0 Å². The van der Waals surface area contributed by atoms with Crippen molar-refractivity contribution >= 4 is 34.0 Å². The molecule has 2 N–H and O–H groups in total. The summed E-state index contributed by atoms with van der Waals surface area (Å²) in [5, 5.41) is 13.5. The number of pyridine rings is 2. The molecule has 0 bridgehead atoms. The van der Waals surface area contributed by atoms with Crippen molar-refractivity contribution in [1.82, 2.24) is 39.2 Å². The summed E-state index contributed by atoms with van der Waals surface area (Å²) in [6.45, 7) is 1.97. The quantitative estimate of drug-likeness (QED) is 0.153. The number of anilines is 4. The van der Waals surface area contributed by atoms with Crippen molar-refractivity contribution in [1.29, 1.82) is 0 Å². The molecule has 17 heteroatoms. The number of methoxy groups -OCH3 is 1. The highest BCUT2D eigenvalue weighted by Crippen LogP contribution is 2.39. The number of aromatic nitrogens is 8. The van der Waals surface area contributed by atoms with Crippen molar-refractivity contribution < 1.29 is 31.1 Å². The minimum atomic E-state index is -4.62. The predicted molar refractivity (Wildman–Crippen MR) is 193 cm³/mol. The lowest BCUT2D eigenvalue weighted by Gasteiger charge is -2.09. The molecule has 0 aliphatic heterocycles. The van der Waals surface area contributed by atoms with Gasteiger partial charge >= 0.3 is 12.4 Å². The molecule has 6 aromatic heterocycles. The van der Waals surface area contributed by atoms with E-state index in [9.17, 15) is 26.3 Å². The lowest BCUT2D eigenvalue weighted by Crippen LogP contribution is -2.08. The van der Waals surface area contributed by atoms with Crippen LogP contribution in [-0.4, -0.2) is 46.3 Å². The average Bonchev–Trinajstić information content (AvgIpc) is 3.77. The molecule has 0 fully saturated rings. The van der Waals surface area contributed by atoms with E-state index in [-0.39, 0.29) is 22.5 Å². The molecule has 8 aromatic rings. The Morgan fingerprint density at radius 1 is 0.564 bits per heavy atom. The second-order valence-electron chi connectivity index (χ2n) is 11.9. The Labute approximate surface area is 308 Å². The lowest BCUT2D eigenvalue weighted by atomic mass is 10.1. The predicted octanol–water partition coefficient (Wildman–Crippen LogP) is 9.42. The molecular formula is C38H28F6N10O. The minimum absolute atomic E-state index is 0.0760. The number of benzene rings is 2. The molecule has 6 heterocycles. The molecule has 0 spiro atoms. The molecule has 278 valence electrons. The molecule has 0 atom stereocenters. The molecule has 11 nitrogen and oxygen atoms in total. The number of aryl methyl sites for hydroxylation is 1. The van der Waals surface area contributed by atoms with E-state index in [1.807, 2.05) is 31.2 Å². The molecule has 2 aromatic carbocycles. The van der Waals surface area contributed by atoms with Gasteiger partial charge in [0.15, 0.2) is 11.4 Å². The second-order valence-corrected chi connectivity index (χ2v) is 11.9. The zero-order valence-corrected chi connectivity index (χ0v) is 28.8. The molecule has 0 saturated carbocycles. The van der Waals surface area contributed by atoms with Crippen molar-refractivity contribution in [3.8, 4) is 28.3 Å². The maximum Gasteiger partial charge on any atom is 0.435 e. The van der Waals surface area contributed by atoms with E-state index in [4.69, 9.17) is 4.74 Å². The highest BCUT2D eigenvalue weighted by atomic mass is 19.4. The van der Waals surface area contributed by atoms with Crippen LogP contribution in [0.3, 0.4) is 0 Å². The van der Waals surface area contributed by atoms with Crippen LogP contribution in [0.15, 0.2) is 122 Å². The van der Waals surface area contributed by atoms with E-state index < -0.39 is 23.7 Å². The number of nitrogens with zero attached hydrogens (tertiary/aromatic N) is 8. The molecule has 0 unspecified atom stereocenters. The first kappa shape index (κ1) is 36.3. The van der Waals surface area contributed by atoms with Crippen LogP contribution in [0.5, 0.6) is 5.75 Å². The maximum absolute atomic E-state index is 13.5. The Morgan fingerprint density at radius 2 is 1.00 bits per heavy atom. The number of fused-ring (bicyclic) bond motifs is 2. The van der Waals surface area contributed by atoms with Crippen LogP contribution in [0.1, 0.15) is 17.0 Å². The van der Waals surface area contributed by atoms with Gasteiger partial charge < -0.3 is 15.4 Å². The van der Waals surface area contributed by atoms with Gasteiger partial charge in [-0.25, -0.2) is 19.0 Å². The van der Waals surface area contributed by atoms with Gasteiger partial charge in [-0.15, -0.1) is 0 Å². The smallest absolute Gasteiger partial charge is 0.435 e. The van der Waals surface area contributed by atoms with Gasteiger partial charge in [-0.3, -0.25) is 9.97 Å². The van der Waals surface area contributed by atoms with Gasteiger partial charge in [0.05, 0.1) is 65.4 Å². The van der Waals surface area contributed by atoms with Crippen LogP contribution >= 0.6 is 0 Å². The molecule has 0 saturated heterocycles. The van der Waals surface area contributed by atoms with Gasteiger partial charge in [0, 0.05) is 23.8 Å². The number of hydrogen-bond acceptors (Lipinski definition) is 9. The van der Waals surface area contributed by atoms with Crippen molar-refractivity contribution in [3.05, 3.63) is 139 Å². The van der Waals surface area contributed by atoms with Gasteiger partial charge in [0.2, 0.25) is 0 Å². The molecule has 0 amide bonds. The number of nitrogens with one attached hydrogen (secondary N) is 2. The zero-order valence-electron chi connectivity index (χ0n) is 28.8. The largest absolute Gasteiger partial charge is 0.497 e. The fraction of sp³-hybridized carbons (Fsp3) is 0.105. The first-order valence-electron chi connectivity index (χ1n) is 16.4. The first-order valence-corrected chi connectivity index (χ1v) is 16.4. The first-order chi connectivity index (χ1) is 26.4. The fourth-order valence-corrected chi connectivity index (χ4v) is 5.60.